The predicted molar refractivity (Wildman–Crippen MR) is 77.0 cm³/mol. The van der Waals surface area contributed by atoms with E-state index in [-0.39, 0.29) is 6.01 Å². The van der Waals surface area contributed by atoms with Gasteiger partial charge < -0.3 is 9.84 Å². The third-order valence-corrected chi connectivity index (χ3v) is 3.00. The molecule has 0 aliphatic rings. The monoisotopic (exact) mass is 287 g/mol. The number of carbonyl (C=O) groups is 1. The summed E-state index contributed by atoms with van der Waals surface area (Å²) in [7, 11) is 1.49. The molecule has 0 spiro atoms. The fourth-order valence-electron chi connectivity index (χ4n) is 1.88. The predicted octanol–water partition coefficient (Wildman–Crippen LogP) is 1.27. The van der Waals surface area contributed by atoms with Crippen LogP contribution in [-0.4, -0.2) is 34.2 Å². The minimum atomic E-state index is -0.881. The fraction of sp³-hybridized carbons (Fsp3) is 0.267. The van der Waals surface area contributed by atoms with Gasteiger partial charge in [-0.05, 0) is 12.0 Å². The van der Waals surface area contributed by atoms with Crippen LogP contribution in [0.5, 0.6) is 6.01 Å². The molecule has 0 radical (unpaired) electrons. The number of rotatable bonds is 7. The number of methoxy groups -OCH3 is 1. The number of benzene rings is 1. The molecule has 0 aliphatic carbocycles. The number of aromatic nitrogens is 2. The lowest BCUT2D eigenvalue weighted by atomic mass is 10.1. The van der Waals surface area contributed by atoms with E-state index in [0.717, 1.165) is 11.1 Å². The highest BCUT2D eigenvalue weighted by Crippen LogP contribution is 2.06. The smallest absolute Gasteiger partial charge is 0.321 e. The average Bonchev–Trinajstić information content (AvgIpc) is 2.52. The summed E-state index contributed by atoms with van der Waals surface area (Å²) in [5.41, 5.74) is 1.78. The number of nitrogens with one attached hydrogen (secondary N) is 1. The Balaban J connectivity index is 1.95. The van der Waals surface area contributed by atoms with Gasteiger partial charge >= 0.3 is 12.0 Å². The SMILES string of the molecule is COc1ncc(CN[C@@H](Cc2ccccc2)C(=O)O)cn1. The maximum atomic E-state index is 11.3. The van der Waals surface area contributed by atoms with E-state index in [1.807, 2.05) is 30.3 Å². The van der Waals surface area contributed by atoms with Gasteiger partial charge in [0.15, 0.2) is 0 Å². The molecule has 0 unspecified atom stereocenters. The third kappa shape index (κ3) is 4.54. The van der Waals surface area contributed by atoms with Crippen LogP contribution in [0.2, 0.25) is 0 Å². The fourth-order valence-corrected chi connectivity index (χ4v) is 1.88. The second kappa shape index (κ2) is 7.35. The van der Waals surface area contributed by atoms with Crippen LogP contribution in [0.25, 0.3) is 0 Å². The van der Waals surface area contributed by atoms with Crippen molar-refractivity contribution in [2.45, 2.75) is 19.0 Å². The highest BCUT2D eigenvalue weighted by molar-refractivity contribution is 5.73. The molecule has 0 fully saturated rings. The highest BCUT2D eigenvalue weighted by Gasteiger charge is 2.17. The van der Waals surface area contributed by atoms with Crippen molar-refractivity contribution >= 4 is 5.97 Å². The van der Waals surface area contributed by atoms with E-state index in [9.17, 15) is 9.90 Å². The average molecular weight is 287 g/mol. The topological polar surface area (TPSA) is 84.3 Å². The number of ether oxygens (including phenoxy) is 1. The van der Waals surface area contributed by atoms with E-state index in [1.165, 1.54) is 7.11 Å². The molecule has 0 aliphatic heterocycles. The molecule has 0 saturated heterocycles. The number of carboxylic acid groups (broad SMARTS) is 1. The first-order valence-corrected chi connectivity index (χ1v) is 6.54. The Kier molecular flexibility index (Phi) is 5.22. The van der Waals surface area contributed by atoms with Crippen LogP contribution in [0.1, 0.15) is 11.1 Å². The maximum Gasteiger partial charge on any atom is 0.321 e. The molecule has 1 aromatic heterocycles. The van der Waals surface area contributed by atoms with Gasteiger partial charge in [-0.15, -0.1) is 0 Å². The minimum absolute atomic E-state index is 0.290. The summed E-state index contributed by atoms with van der Waals surface area (Å²) in [6.07, 6.45) is 3.65. The Hall–Kier alpha value is -2.47. The molecule has 1 aromatic carbocycles. The molecule has 21 heavy (non-hydrogen) atoms. The summed E-state index contributed by atoms with van der Waals surface area (Å²) in [4.78, 5) is 19.3. The van der Waals surface area contributed by atoms with Gasteiger partial charge in [-0.3, -0.25) is 10.1 Å². The number of hydrogen-bond acceptors (Lipinski definition) is 5. The van der Waals surface area contributed by atoms with Gasteiger partial charge in [0, 0.05) is 24.5 Å². The van der Waals surface area contributed by atoms with Gasteiger partial charge in [-0.2, -0.15) is 0 Å². The summed E-state index contributed by atoms with van der Waals surface area (Å²) < 4.78 is 4.88. The van der Waals surface area contributed by atoms with Gasteiger partial charge in [0.1, 0.15) is 6.04 Å². The molecule has 6 nitrogen and oxygen atoms in total. The molecular weight excluding hydrogens is 270 g/mol. The van der Waals surface area contributed by atoms with Crippen LogP contribution in [0, 0.1) is 0 Å². The standard InChI is InChI=1S/C15H17N3O3/c1-21-15-17-9-12(10-18-15)8-16-13(14(19)20)7-11-5-3-2-4-6-11/h2-6,9-10,13,16H,7-8H2,1H3,(H,19,20)/t13-/m0/s1. The molecule has 0 bridgehead atoms. The van der Waals surface area contributed by atoms with Crippen LogP contribution in [0.4, 0.5) is 0 Å². The molecule has 1 heterocycles. The zero-order chi connectivity index (χ0) is 15.1. The van der Waals surface area contributed by atoms with Crippen molar-refractivity contribution < 1.29 is 14.6 Å². The first-order valence-electron chi connectivity index (χ1n) is 6.54. The van der Waals surface area contributed by atoms with Gasteiger partial charge in [0.05, 0.1) is 7.11 Å². The van der Waals surface area contributed by atoms with Crippen LogP contribution >= 0.6 is 0 Å². The zero-order valence-corrected chi connectivity index (χ0v) is 11.7. The van der Waals surface area contributed by atoms with Crippen molar-refractivity contribution in [1.82, 2.24) is 15.3 Å². The molecule has 2 rings (SSSR count). The maximum absolute atomic E-state index is 11.3. The normalized spacial score (nSPS) is 11.9. The summed E-state index contributed by atoms with van der Waals surface area (Å²) in [6.45, 7) is 0.383. The van der Waals surface area contributed by atoms with Gasteiger partial charge in [-0.1, -0.05) is 30.3 Å². The van der Waals surface area contributed by atoms with E-state index < -0.39 is 12.0 Å². The Morgan fingerprint density at radius 3 is 2.48 bits per heavy atom. The number of aliphatic carboxylic acids is 1. The van der Waals surface area contributed by atoms with E-state index in [0.29, 0.717) is 13.0 Å². The van der Waals surface area contributed by atoms with Crippen LogP contribution in [0.15, 0.2) is 42.7 Å². The lowest BCUT2D eigenvalue weighted by Gasteiger charge is -2.14. The van der Waals surface area contributed by atoms with Crippen molar-refractivity contribution in [2.24, 2.45) is 0 Å². The molecule has 110 valence electrons. The molecule has 1 atom stereocenters. The minimum Gasteiger partial charge on any atom is -0.480 e. The van der Waals surface area contributed by atoms with Crippen molar-refractivity contribution in [3.8, 4) is 6.01 Å². The van der Waals surface area contributed by atoms with E-state index in [2.05, 4.69) is 15.3 Å². The summed E-state index contributed by atoms with van der Waals surface area (Å²) in [5.74, 6) is -0.881. The summed E-state index contributed by atoms with van der Waals surface area (Å²) in [6, 6.07) is 9.15. The van der Waals surface area contributed by atoms with Crippen LogP contribution in [0.3, 0.4) is 0 Å². The molecular formula is C15H17N3O3. The molecule has 0 saturated carbocycles. The van der Waals surface area contributed by atoms with E-state index >= 15 is 0 Å². The van der Waals surface area contributed by atoms with Crippen molar-refractivity contribution in [1.29, 1.82) is 0 Å². The second-order valence-electron chi connectivity index (χ2n) is 4.54. The molecule has 2 aromatic rings. The van der Waals surface area contributed by atoms with Crippen LogP contribution in [-0.2, 0) is 17.8 Å². The van der Waals surface area contributed by atoms with Crippen molar-refractivity contribution in [3.05, 3.63) is 53.9 Å². The van der Waals surface area contributed by atoms with E-state index in [1.54, 1.807) is 12.4 Å². The zero-order valence-electron chi connectivity index (χ0n) is 11.7. The largest absolute Gasteiger partial charge is 0.480 e. The molecule has 2 N–H and O–H groups in total. The van der Waals surface area contributed by atoms with Crippen molar-refractivity contribution in [3.63, 3.8) is 0 Å². The first-order chi connectivity index (χ1) is 10.2. The summed E-state index contributed by atoms with van der Waals surface area (Å²) >= 11 is 0. The van der Waals surface area contributed by atoms with Gasteiger partial charge in [-0.25, -0.2) is 9.97 Å². The highest BCUT2D eigenvalue weighted by atomic mass is 16.5. The van der Waals surface area contributed by atoms with Gasteiger partial charge in [0.25, 0.3) is 0 Å². The second-order valence-corrected chi connectivity index (χ2v) is 4.54. The van der Waals surface area contributed by atoms with E-state index in [4.69, 9.17) is 4.74 Å². The van der Waals surface area contributed by atoms with Crippen LogP contribution < -0.4 is 10.1 Å². The Morgan fingerprint density at radius 1 is 1.24 bits per heavy atom. The number of nitrogens with zero attached hydrogens (tertiary/aromatic N) is 2. The van der Waals surface area contributed by atoms with Crippen molar-refractivity contribution in [2.75, 3.05) is 7.11 Å². The number of carboxylic acids is 1. The molecule has 0 amide bonds. The number of hydrogen-bond donors (Lipinski definition) is 2. The Labute approximate surface area is 122 Å². The lowest BCUT2D eigenvalue weighted by molar-refractivity contribution is -0.139. The third-order valence-electron chi connectivity index (χ3n) is 3.00. The Morgan fingerprint density at radius 2 is 1.90 bits per heavy atom. The summed E-state index contributed by atoms with van der Waals surface area (Å²) in [5, 5.41) is 12.3. The molecule has 6 heteroatoms. The quantitative estimate of drug-likeness (QED) is 0.798. The Bertz CT molecular complexity index is 572. The van der Waals surface area contributed by atoms with Gasteiger partial charge in [0.2, 0.25) is 0 Å². The first kappa shape index (κ1) is 14.9. The lowest BCUT2D eigenvalue weighted by Crippen LogP contribution is -2.38.